The van der Waals surface area contributed by atoms with Crippen LogP contribution in [0.25, 0.3) is 0 Å². The van der Waals surface area contributed by atoms with Crippen LogP contribution in [-0.2, 0) is 14.1 Å². The third-order valence-corrected chi connectivity index (χ3v) is 3.03. The Hall–Kier alpha value is 1.07. The molecule has 0 spiro atoms. The molecule has 0 saturated heterocycles. The Morgan fingerprint density at radius 1 is 0.842 bits per heavy atom. The Kier molecular flexibility index (Phi) is 18.2. The molecule has 0 amide bonds. The zero-order valence-corrected chi connectivity index (χ0v) is 12.2. The molecule has 112 valence electrons. The van der Waals surface area contributed by atoms with Gasteiger partial charge < -0.3 is 9.79 Å². The van der Waals surface area contributed by atoms with Crippen molar-refractivity contribution in [3.05, 3.63) is 0 Å². The number of hydrogen-bond acceptors (Lipinski definition) is 3. The topological polar surface area (TPSA) is 76.0 Å². The maximum absolute atomic E-state index is 10.3. The predicted molar refractivity (Wildman–Crippen MR) is 78.1 cm³/mol. The van der Waals surface area contributed by atoms with E-state index in [1.807, 2.05) is 0 Å². The normalized spacial score (nSPS) is 11.3. The van der Waals surface area contributed by atoms with E-state index in [-0.39, 0.29) is 36.2 Å². The first-order chi connectivity index (χ1) is 8.56. The molecule has 0 radical (unpaired) electrons. The van der Waals surface area contributed by atoms with E-state index < -0.39 is 7.82 Å². The van der Waals surface area contributed by atoms with Gasteiger partial charge in [-0.3, -0.25) is 0 Å². The predicted octanol–water partition coefficient (Wildman–Crippen LogP) is 3.30. The van der Waals surface area contributed by atoms with Crippen molar-refractivity contribution in [2.24, 2.45) is 0 Å². The van der Waals surface area contributed by atoms with E-state index in [0.29, 0.717) is 0 Å². The maximum atomic E-state index is 10.3. The second-order valence-corrected chi connectivity index (χ2v) is 5.70. The summed E-state index contributed by atoms with van der Waals surface area (Å²) in [7, 11) is -4.47. The van der Waals surface area contributed by atoms with Crippen molar-refractivity contribution in [2.45, 2.75) is 71.1 Å². The molecule has 0 aliphatic heterocycles. The summed E-state index contributed by atoms with van der Waals surface area (Å²) in [6.07, 6.45) is 12.1. The van der Waals surface area contributed by atoms with Crippen molar-refractivity contribution >= 4 is 37.4 Å². The van der Waals surface area contributed by atoms with Gasteiger partial charge in [0.1, 0.15) is 0 Å². The van der Waals surface area contributed by atoms with Gasteiger partial charge in [-0.25, -0.2) is 9.45 Å². The van der Waals surface area contributed by atoms with Gasteiger partial charge in [-0.05, 0) is 6.42 Å². The van der Waals surface area contributed by atoms with Gasteiger partial charge in [-0.2, -0.15) is 0 Å². The summed E-state index contributed by atoms with van der Waals surface area (Å²) in [6, 6.07) is 0. The van der Waals surface area contributed by atoms with Gasteiger partial charge in [0.15, 0.2) is 0 Å². The third-order valence-electron chi connectivity index (χ3n) is 2.73. The zero-order chi connectivity index (χ0) is 13.7. The molecule has 7 heteroatoms. The Balaban J connectivity index is 0. The fraction of sp³-hybridized carbons (Fsp3) is 1.00. The SMILES string of the molecule is CCCCCCCCCCCCOOP(=O)(O)O.[NaH]. The van der Waals surface area contributed by atoms with Gasteiger partial charge in [0, 0.05) is 0 Å². The molecule has 0 aromatic carbocycles. The molecule has 0 bridgehead atoms. The molecule has 0 saturated carbocycles. The van der Waals surface area contributed by atoms with Gasteiger partial charge >= 0.3 is 37.4 Å². The molecule has 2 N–H and O–H groups in total. The fourth-order valence-corrected chi connectivity index (χ4v) is 1.97. The Bertz CT molecular complexity index is 222. The van der Waals surface area contributed by atoms with Crippen LogP contribution >= 0.6 is 7.82 Å². The molecular formula is C12H28NaO5P. The summed E-state index contributed by atoms with van der Waals surface area (Å²) >= 11 is 0. The van der Waals surface area contributed by atoms with Crippen LogP contribution in [0.1, 0.15) is 71.1 Å². The molecule has 0 aromatic rings. The van der Waals surface area contributed by atoms with E-state index in [4.69, 9.17) is 9.79 Å². The van der Waals surface area contributed by atoms with Crippen molar-refractivity contribution in [1.29, 1.82) is 0 Å². The van der Waals surface area contributed by atoms with Crippen LogP contribution in [0.3, 0.4) is 0 Å². The zero-order valence-electron chi connectivity index (χ0n) is 11.3. The average Bonchev–Trinajstić information content (AvgIpc) is 2.29. The van der Waals surface area contributed by atoms with Gasteiger partial charge in [-0.15, -0.1) is 4.67 Å². The molecule has 0 heterocycles. The van der Waals surface area contributed by atoms with Crippen LogP contribution in [0.2, 0.25) is 0 Å². The van der Waals surface area contributed by atoms with Gasteiger partial charge in [0.25, 0.3) is 0 Å². The van der Waals surface area contributed by atoms with Crippen molar-refractivity contribution in [3.8, 4) is 0 Å². The first kappa shape index (κ1) is 22.4. The average molecular weight is 306 g/mol. The van der Waals surface area contributed by atoms with Gasteiger partial charge in [0.05, 0.1) is 6.61 Å². The van der Waals surface area contributed by atoms with Crippen LogP contribution in [0, 0.1) is 0 Å². The van der Waals surface area contributed by atoms with Crippen molar-refractivity contribution < 1.29 is 23.9 Å². The minimum absolute atomic E-state index is 0. The van der Waals surface area contributed by atoms with Crippen LogP contribution < -0.4 is 0 Å². The second-order valence-electron chi connectivity index (χ2n) is 4.57. The number of hydrogen-bond donors (Lipinski definition) is 2. The molecule has 0 fully saturated rings. The summed E-state index contributed by atoms with van der Waals surface area (Å²) in [4.78, 5) is 21.1. The Morgan fingerprint density at radius 3 is 1.68 bits per heavy atom. The van der Waals surface area contributed by atoms with Crippen LogP contribution in [-0.4, -0.2) is 46.0 Å². The number of phosphoric acid groups is 1. The van der Waals surface area contributed by atoms with E-state index >= 15 is 0 Å². The van der Waals surface area contributed by atoms with Crippen LogP contribution in [0.5, 0.6) is 0 Å². The van der Waals surface area contributed by atoms with Crippen molar-refractivity contribution in [1.82, 2.24) is 0 Å². The molecule has 0 aliphatic rings. The van der Waals surface area contributed by atoms with Gasteiger partial charge in [-0.1, -0.05) is 64.7 Å². The summed E-state index contributed by atoms with van der Waals surface area (Å²) < 4.78 is 14.1. The summed E-state index contributed by atoms with van der Waals surface area (Å²) in [5.74, 6) is 0. The van der Waals surface area contributed by atoms with E-state index in [9.17, 15) is 4.57 Å². The molecule has 5 nitrogen and oxygen atoms in total. The second kappa shape index (κ2) is 15.5. The van der Waals surface area contributed by atoms with E-state index in [2.05, 4.69) is 16.5 Å². The molecule has 0 aliphatic carbocycles. The summed E-state index contributed by atoms with van der Waals surface area (Å²) in [6.45, 7) is 2.46. The Morgan fingerprint density at radius 2 is 1.26 bits per heavy atom. The van der Waals surface area contributed by atoms with Crippen molar-refractivity contribution in [2.75, 3.05) is 6.61 Å². The molecule has 19 heavy (non-hydrogen) atoms. The van der Waals surface area contributed by atoms with Gasteiger partial charge in [0.2, 0.25) is 0 Å². The summed E-state index contributed by atoms with van der Waals surface area (Å²) in [5, 5.41) is 0. The van der Waals surface area contributed by atoms with E-state index in [1.165, 1.54) is 44.9 Å². The molecule has 0 aromatic heterocycles. The molecular weight excluding hydrogens is 278 g/mol. The molecule has 0 unspecified atom stereocenters. The fourth-order valence-electron chi connectivity index (χ4n) is 1.75. The molecule has 0 rings (SSSR count). The van der Waals surface area contributed by atoms with E-state index in [0.717, 1.165) is 19.3 Å². The van der Waals surface area contributed by atoms with E-state index in [1.54, 1.807) is 0 Å². The quantitative estimate of drug-likeness (QED) is 0.179. The molecule has 0 atom stereocenters. The van der Waals surface area contributed by atoms with Crippen LogP contribution in [0.4, 0.5) is 0 Å². The first-order valence-electron chi connectivity index (χ1n) is 6.93. The minimum atomic E-state index is -4.47. The summed E-state index contributed by atoms with van der Waals surface area (Å²) in [5.41, 5.74) is 0. The first-order valence-corrected chi connectivity index (χ1v) is 8.46. The number of unbranched alkanes of at least 4 members (excludes halogenated alkanes) is 9. The third kappa shape index (κ3) is 21.5. The standard InChI is InChI=1S/C12H27O5P.Na.H/c1-2-3-4-5-6-7-8-9-10-11-12-16-17-18(13,14)15;;/h2-12H2,1H3,(H2,13,14,15);;. The van der Waals surface area contributed by atoms with Crippen LogP contribution in [0.15, 0.2) is 0 Å². The number of rotatable bonds is 13. The van der Waals surface area contributed by atoms with Crippen molar-refractivity contribution in [3.63, 3.8) is 0 Å². The Labute approximate surface area is 138 Å². The monoisotopic (exact) mass is 306 g/mol.